The Labute approximate surface area is 180 Å². The van der Waals surface area contributed by atoms with E-state index >= 15 is 0 Å². The number of furan rings is 1. The molecule has 30 heavy (non-hydrogen) atoms. The van der Waals surface area contributed by atoms with Gasteiger partial charge in [0.2, 0.25) is 11.8 Å². The van der Waals surface area contributed by atoms with E-state index in [1.807, 2.05) is 68.6 Å². The van der Waals surface area contributed by atoms with Crippen molar-refractivity contribution in [2.45, 2.75) is 38.2 Å². The van der Waals surface area contributed by atoms with Gasteiger partial charge in [-0.3, -0.25) is 14.5 Å². The zero-order valence-corrected chi connectivity index (χ0v) is 17.9. The van der Waals surface area contributed by atoms with Crippen LogP contribution in [0.1, 0.15) is 38.3 Å². The molecule has 4 rings (SSSR count). The van der Waals surface area contributed by atoms with Gasteiger partial charge in [-0.05, 0) is 57.2 Å². The van der Waals surface area contributed by atoms with Crippen LogP contribution in [0.2, 0.25) is 0 Å². The second-order valence-electron chi connectivity index (χ2n) is 7.65. The first-order valence-electron chi connectivity index (χ1n) is 9.96. The average Bonchev–Trinajstić information content (AvgIpc) is 3.42. The Kier molecular flexibility index (Phi) is 5.43. The first-order chi connectivity index (χ1) is 14.4. The number of aromatic nitrogens is 1. The van der Waals surface area contributed by atoms with E-state index in [2.05, 4.69) is 4.57 Å². The van der Waals surface area contributed by atoms with Gasteiger partial charge < -0.3 is 13.9 Å². The molecule has 0 saturated carbocycles. The summed E-state index contributed by atoms with van der Waals surface area (Å²) in [5, 5.41) is -0.702. The maximum Gasteiger partial charge on any atom is 0.247 e. The summed E-state index contributed by atoms with van der Waals surface area (Å²) < 4.78 is 7.79. The molecule has 2 unspecified atom stereocenters. The van der Waals surface area contributed by atoms with Crippen LogP contribution in [0.4, 0.5) is 5.69 Å². The lowest BCUT2D eigenvalue weighted by Gasteiger charge is -2.39. The van der Waals surface area contributed by atoms with E-state index in [0.717, 1.165) is 17.1 Å². The minimum atomic E-state index is -0.702. The van der Waals surface area contributed by atoms with Gasteiger partial charge in [0, 0.05) is 12.2 Å². The fraction of sp³-hybridized carbons (Fsp3) is 0.304. The number of para-hydroxylation sites is 2. The van der Waals surface area contributed by atoms with Gasteiger partial charge in [0.1, 0.15) is 23.7 Å². The van der Waals surface area contributed by atoms with E-state index < -0.39 is 11.4 Å². The number of carbonyl (C=O) groups excluding carboxylic acids is 2. The molecule has 0 radical (unpaired) electrons. The third-order valence-corrected chi connectivity index (χ3v) is 5.54. The third-order valence-electron chi connectivity index (χ3n) is 5.35. The molecular formula is C23H24ClN3O3. The molecule has 2 atom stereocenters. The number of rotatable bonds is 5. The Morgan fingerprint density at radius 2 is 1.80 bits per heavy atom. The first-order valence-corrected chi connectivity index (χ1v) is 10.4. The highest BCUT2D eigenvalue weighted by Crippen LogP contribution is 2.42. The summed E-state index contributed by atoms with van der Waals surface area (Å²) in [6, 6.07) is 14.7. The van der Waals surface area contributed by atoms with Crippen molar-refractivity contribution in [2.24, 2.45) is 0 Å². The Hall–Kier alpha value is -2.99. The molecule has 7 heteroatoms. The molecule has 1 aliphatic heterocycles. The van der Waals surface area contributed by atoms with Crippen molar-refractivity contribution in [1.29, 1.82) is 0 Å². The van der Waals surface area contributed by atoms with E-state index in [9.17, 15) is 9.59 Å². The summed E-state index contributed by atoms with van der Waals surface area (Å²) >= 11 is 6.05. The van der Waals surface area contributed by atoms with E-state index in [1.54, 1.807) is 18.1 Å². The number of carbonyl (C=O) groups is 2. The van der Waals surface area contributed by atoms with Crippen LogP contribution >= 0.6 is 11.6 Å². The minimum Gasteiger partial charge on any atom is -0.467 e. The van der Waals surface area contributed by atoms with Crippen LogP contribution in [0.25, 0.3) is 5.69 Å². The molecule has 0 saturated heterocycles. The minimum absolute atomic E-state index is 0.0696. The summed E-state index contributed by atoms with van der Waals surface area (Å²) in [7, 11) is 0. The molecule has 3 heterocycles. The molecule has 0 N–H and O–H groups in total. The molecular weight excluding hydrogens is 402 g/mol. The predicted molar refractivity (Wildman–Crippen MR) is 116 cm³/mol. The predicted octanol–water partition coefficient (Wildman–Crippen LogP) is 4.37. The van der Waals surface area contributed by atoms with E-state index in [-0.39, 0.29) is 24.4 Å². The monoisotopic (exact) mass is 425 g/mol. The molecule has 1 aromatic carbocycles. The van der Waals surface area contributed by atoms with E-state index in [1.165, 1.54) is 4.90 Å². The van der Waals surface area contributed by atoms with Gasteiger partial charge >= 0.3 is 0 Å². The third kappa shape index (κ3) is 3.41. The van der Waals surface area contributed by atoms with Crippen LogP contribution in [0.5, 0.6) is 0 Å². The van der Waals surface area contributed by atoms with Gasteiger partial charge in [0.25, 0.3) is 0 Å². The van der Waals surface area contributed by atoms with Crippen LogP contribution < -0.4 is 4.90 Å². The lowest BCUT2D eigenvalue weighted by atomic mass is 10.0. The van der Waals surface area contributed by atoms with Crippen molar-refractivity contribution in [3.05, 3.63) is 72.4 Å². The summed E-state index contributed by atoms with van der Waals surface area (Å²) in [4.78, 5) is 29.5. The number of fused-ring (bicyclic) bond motifs is 3. The number of halogens is 1. The number of hydrogen-bond donors (Lipinski definition) is 0. The van der Waals surface area contributed by atoms with Crippen molar-refractivity contribution < 1.29 is 14.0 Å². The lowest BCUT2D eigenvalue weighted by Crippen LogP contribution is -2.50. The Morgan fingerprint density at radius 1 is 1.07 bits per heavy atom. The molecule has 156 valence electrons. The molecule has 0 fully saturated rings. The molecule has 0 aliphatic carbocycles. The Balaban J connectivity index is 1.80. The van der Waals surface area contributed by atoms with Gasteiger partial charge in [0.15, 0.2) is 0 Å². The molecule has 2 amide bonds. The largest absolute Gasteiger partial charge is 0.467 e. The number of anilines is 1. The van der Waals surface area contributed by atoms with Crippen LogP contribution in [0.3, 0.4) is 0 Å². The highest BCUT2D eigenvalue weighted by molar-refractivity contribution is 6.30. The second-order valence-corrected chi connectivity index (χ2v) is 8.30. The van der Waals surface area contributed by atoms with Crippen molar-refractivity contribution in [2.75, 3.05) is 11.4 Å². The number of amides is 2. The molecule has 1 aliphatic rings. The fourth-order valence-corrected chi connectivity index (χ4v) is 4.07. The Morgan fingerprint density at radius 3 is 2.43 bits per heavy atom. The molecule has 6 nitrogen and oxygen atoms in total. The summed E-state index contributed by atoms with van der Waals surface area (Å²) in [5.74, 6) is 0.199. The maximum absolute atomic E-state index is 13.7. The molecule has 0 bridgehead atoms. The van der Waals surface area contributed by atoms with Gasteiger partial charge in [0.05, 0.1) is 23.3 Å². The topological polar surface area (TPSA) is 58.7 Å². The van der Waals surface area contributed by atoms with E-state index in [0.29, 0.717) is 5.76 Å². The first kappa shape index (κ1) is 20.3. The van der Waals surface area contributed by atoms with Crippen LogP contribution in [0.15, 0.2) is 65.4 Å². The van der Waals surface area contributed by atoms with Crippen LogP contribution in [-0.4, -0.2) is 39.2 Å². The SMILES string of the molecule is CC(Cl)C(=O)N(CC(=O)N1c2ccccc2-n2cccc2C1c1ccco1)C(C)C. The summed E-state index contributed by atoms with van der Waals surface area (Å²) in [6.07, 6.45) is 3.58. The number of nitrogens with zero attached hydrogens (tertiary/aromatic N) is 3. The maximum atomic E-state index is 13.7. The van der Waals surface area contributed by atoms with Crippen LogP contribution in [0, 0.1) is 0 Å². The zero-order chi connectivity index (χ0) is 21.4. The van der Waals surface area contributed by atoms with E-state index in [4.69, 9.17) is 16.0 Å². The number of hydrogen-bond acceptors (Lipinski definition) is 3. The van der Waals surface area contributed by atoms with Crippen molar-refractivity contribution in [1.82, 2.24) is 9.47 Å². The summed E-state index contributed by atoms with van der Waals surface area (Å²) in [6.45, 7) is 5.31. The fourth-order valence-electron chi connectivity index (χ4n) is 3.94. The smallest absolute Gasteiger partial charge is 0.247 e. The number of alkyl halides is 1. The highest BCUT2D eigenvalue weighted by atomic mass is 35.5. The number of benzene rings is 1. The molecule has 2 aromatic heterocycles. The second kappa shape index (κ2) is 8.03. The molecule has 3 aromatic rings. The normalized spacial score (nSPS) is 16.2. The van der Waals surface area contributed by atoms with Crippen molar-refractivity contribution in [3.8, 4) is 5.69 Å². The van der Waals surface area contributed by atoms with Gasteiger partial charge in [-0.25, -0.2) is 0 Å². The van der Waals surface area contributed by atoms with Gasteiger partial charge in [-0.15, -0.1) is 11.6 Å². The lowest BCUT2D eigenvalue weighted by molar-refractivity contribution is -0.136. The van der Waals surface area contributed by atoms with Crippen LogP contribution in [-0.2, 0) is 9.59 Å². The molecule has 0 spiro atoms. The van der Waals surface area contributed by atoms with Crippen molar-refractivity contribution in [3.63, 3.8) is 0 Å². The standard InChI is InChI=1S/C23H24ClN3O3/c1-15(2)26(23(29)16(3)24)14-21(28)27-18-9-5-4-8-17(18)25-12-6-10-19(25)22(27)20-11-7-13-30-20/h4-13,15-16,22H,14H2,1-3H3. The highest BCUT2D eigenvalue weighted by Gasteiger charge is 2.38. The quantitative estimate of drug-likeness (QED) is 0.570. The zero-order valence-electron chi connectivity index (χ0n) is 17.2. The summed E-state index contributed by atoms with van der Waals surface area (Å²) in [5.41, 5.74) is 2.59. The van der Waals surface area contributed by atoms with Gasteiger partial charge in [-0.2, -0.15) is 0 Å². The van der Waals surface area contributed by atoms with Gasteiger partial charge in [-0.1, -0.05) is 12.1 Å². The van der Waals surface area contributed by atoms with Crippen molar-refractivity contribution >= 4 is 29.1 Å². The Bertz CT molecular complexity index is 1060. The average molecular weight is 426 g/mol.